The summed E-state index contributed by atoms with van der Waals surface area (Å²) in [5, 5.41) is 1.09. The van der Waals surface area contributed by atoms with Gasteiger partial charge < -0.3 is 4.74 Å². The van der Waals surface area contributed by atoms with Crippen molar-refractivity contribution in [3.05, 3.63) is 0 Å². The predicted molar refractivity (Wildman–Crippen MR) is 75.8 cm³/mol. The number of hydrogen-bond donors (Lipinski definition) is 0. The van der Waals surface area contributed by atoms with Gasteiger partial charge >= 0.3 is 0 Å². The number of nitrogens with zero attached hydrogens (tertiary/aromatic N) is 1. The summed E-state index contributed by atoms with van der Waals surface area (Å²) in [6.07, 6.45) is 10.6. The molecule has 1 saturated carbocycles. The molecule has 0 radical (unpaired) electrons. The zero-order valence-corrected chi connectivity index (χ0v) is 12.6. The molecule has 1 aliphatic heterocycles. The molecule has 3 heteroatoms. The molecule has 2 fully saturated rings. The van der Waals surface area contributed by atoms with Crippen LogP contribution in [0, 0.1) is 0 Å². The highest BCUT2D eigenvalue weighted by Crippen LogP contribution is 2.26. The van der Waals surface area contributed by atoms with E-state index in [9.17, 15) is 0 Å². The number of hydrogen-bond acceptors (Lipinski definition) is 2. The van der Waals surface area contributed by atoms with E-state index in [4.69, 9.17) is 4.74 Å². The van der Waals surface area contributed by atoms with Crippen molar-refractivity contribution in [2.75, 3.05) is 18.4 Å². The SMILES string of the molecule is CC1CCC(CN(CCBr)C2CCCCC2)O1. The number of rotatable bonds is 5. The van der Waals surface area contributed by atoms with Crippen molar-refractivity contribution in [2.45, 2.75) is 70.1 Å². The second-order valence-corrected chi connectivity index (χ2v) is 6.41. The molecule has 2 rings (SSSR count). The third kappa shape index (κ3) is 4.22. The molecule has 0 bridgehead atoms. The van der Waals surface area contributed by atoms with Crippen LogP contribution in [-0.2, 0) is 4.74 Å². The standard InChI is InChI=1S/C14H26BrNO/c1-12-7-8-14(17-12)11-16(10-9-15)13-5-3-2-4-6-13/h12-14H,2-11H2,1H3. The molecule has 1 saturated heterocycles. The Labute approximate surface area is 114 Å². The molecule has 0 aromatic carbocycles. The minimum Gasteiger partial charge on any atom is -0.374 e. The summed E-state index contributed by atoms with van der Waals surface area (Å²) in [6, 6.07) is 0.820. The van der Waals surface area contributed by atoms with Crippen molar-refractivity contribution < 1.29 is 4.74 Å². The summed E-state index contributed by atoms with van der Waals surface area (Å²) in [6.45, 7) is 4.54. The van der Waals surface area contributed by atoms with Crippen LogP contribution in [0.3, 0.4) is 0 Å². The van der Waals surface area contributed by atoms with Crippen molar-refractivity contribution in [1.29, 1.82) is 0 Å². The van der Waals surface area contributed by atoms with Crippen LogP contribution < -0.4 is 0 Å². The Morgan fingerprint density at radius 2 is 1.88 bits per heavy atom. The molecule has 2 unspecified atom stereocenters. The van der Waals surface area contributed by atoms with Crippen LogP contribution >= 0.6 is 15.9 Å². The Bertz CT molecular complexity index is 218. The van der Waals surface area contributed by atoms with Crippen molar-refractivity contribution >= 4 is 15.9 Å². The molecule has 2 aliphatic rings. The van der Waals surface area contributed by atoms with Crippen LogP contribution in [0.25, 0.3) is 0 Å². The van der Waals surface area contributed by atoms with E-state index in [2.05, 4.69) is 27.8 Å². The van der Waals surface area contributed by atoms with Gasteiger partial charge in [-0.15, -0.1) is 0 Å². The maximum Gasteiger partial charge on any atom is 0.0706 e. The Balaban J connectivity index is 1.82. The average molecular weight is 304 g/mol. The summed E-state index contributed by atoms with van der Waals surface area (Å²) in [7, 11) is 0. The molecule has 2 nitrogen and oxygen atoms in total. The van der Waals surface area contributed by atoms with Gasteiger partial charge in [0.1, 0.15) is 0 Å². The van der Waals surface area contributed by atoms with Gasteiger partial charge in [-0.05, 0) is 32.6 Å². The van der Waals surface area contributed by atoms with E-state index in [1.54, 1.807) is 0 Å². The third-order valence-corrected chi connectivity index (χ3v) is 4.58. The molecule has 0 spiro atoms. The smallest absolute Gasteiger partial charge is 0.0706 e. The molecule has 0 aromatic rings. The zero-order valence-electron chi connectivity index (χ0n) is 11.0. The van der Waals surface area contributed by atoms with Crippen LogP contribution in [0.4, 0.5) is 0 Å². The first-order valence-corrected chi connectivity index (χ1v) is 8.37. The van der Waals surface area contributed by atoms with E-state index in [1.165, 1.54) is 51.5 Å². The highest BCUT2D eigenvalue weighted by atomic mass is 79.9. The first-order valence-electron chi connectivity index (χ1n) is 7.25. The molecule has 0 amide bonds. The number of ether oxygens (including phenoxy) is 1. The summed E-state index contributed by atoms with van der Waals surface area (Å²) >= 11 is 3.60. The molecule has 1 heterocycles. The molecular formula is C14H26BrNO. The quantitative estimate of drug-likeness (QED) is 0.720. The molecular weight excluding hydrogens is 278 g/mol. The first kappa shape index (κ1) is 13.8. The topological polar surface area (TPSA) is 12.5 Å². The van der Waals surface area contributed by atoms with E-state index in [0.717, 1.165) is 17.9 Å². The maximum absolute atomic E-state index is 5.97. The maximum atomic E-state index is 5.97. The highest BCUT2D eigenvalue weighted by Gasteiger charge is 2.27. The minimum atomic E-state index is 0.483. The lowest BCUT2D eigenvalue weighted by atomic mass is 9.94. The van der Waals surface area contributed by atoms with E-state index in [-0.39, 0.29) is 0 Å². The van der Waals surface area contributed by atoms with E-state index in [0.29, 0.717) is 12.2 Å². The van der Waals surface area contributed by atoms with Gasteiger partial charge in [-0.3, -0.25) is 4.90 Å². The van der Waals surface area contributed by atoms with Crippen LogP contribution in [0.2, 0.25) is 0 Å². The van der Waals surface area contributed by atoms with Gasteiger partial charge in [0.05, 0.1) is 12.2 Å². The first-order chi connectivity index (χ1) is 8.29. The lowest BCUT2D eigenvalue weighted by Crippen LogP contribution is -2.42. The van der Waals surface area contributed by atoms with Crippen LogP contribution in [0.5, 0.6) is 0 Å². The fourth-order valence-electron chi connectivity index (χ4n) is 3.26. The Hall–Kier alpha value is 0.400. The van der Waals surface area contributed by atoms with Gasteiger partial charge in [0, 0.05) is 24.5 Å². The van der Waals surface area contributed by atoms with Crippen LogP contribution in [-0.4, -0.2) is 41.6 Å². The summed E-state index contributed by atoms with van der Waals surface area (Å²) in [5.41, 5.74) is 0. The minimum absolute atomic E-state index is 0.483. The van der Waals surface area contributed by atoms with E-state index in [1.807, 2.05) is 0 Å². The van der Waals surface area contributed by atoms with Crippen molar-refractivity contribution in [3.8, 4) is 0 Å². The van der Waals surface area contributed by atoms with Crippen LogP contribution in [0.1, 0.15) is 51.9 Å². The van der Waals surface area contributed by atoms with Gasteiger partial charge in [-0.1, -0.05) is 35.2 Å². The summed E-state index contributed by atoms with van der Waals surface area (Å²) in [5.74, 6) is 0. The third-order valence-electron chi connectivity index (χ3n) is 4.22. The highest BCUT2D eigenvalue weighted by molar-refractivity contribution is 9.09. The number of halogens is 1. The second-order valence-electron chi connectivity index (χ2n) is 5.62. The Kier molecular flexibility index (Phi) is 5.78. The van der Waals surface area contributed by atoms with Gasteiger partial charge in [-0.2, -0.15) is 0 Å². The largest absolute Gasteiger partial charge is 0.374 e. The van der Waals surface area contributed by atoms with Gasteiger partial charge in [-0.25, -0.2) is 0 Å². The molecule has 1 aliphatic carbocycles. The predicted octanol–water partition coefficient (Wildman–Crippen LogP) is 3.58. The molecule has 0 aromatic heterocycles. The molecule has 2 atom stereocenters. The monoisotopic (exact) mass is 303 g/mol. The molecule has 0 N–H and O–H groups in total. The van der Waals surface area contributed by atoms with Gasteiger partial charge in [0.2, 0.25) is 0 Å². The lowest BCUT2D eigenvalue weighted by Gasteiger charge is -2.35. The Morgan fingerprint density at radius 1 is 1.12 bits per heavy atom. The zero-order chi connectivity index (χ0) is 12.1. The fraction of sp³-hybridized carbons (Fsp3) is 1.00. The van der Waals surface area contributed by atoms with Gasteiger partial charge in [0.15, 0.2) is 0 Å². The number of alkyl halides is 1. The van der Waals surface area contributed by atoms with E-state index < -0.39 is 0 Å². The Morgan fingerprint density at radius 3 is 2.47 bits per heavy atom. The lowest BCUT2D eigenvalue weighted by molar-refractivity contribution is 0.0185. The van der Waals surface area contributed by atoms with Crippen molar-refractivity contribution in [2.24, 2.45) is 0 Å². The van der Waals surface area contributed by atoms with Crippen molar-refractivity contribution in [3.63, 3.8) is 0 Å². The summed E-state index contributed by atoms with van der Waals surface area (Å²) in [4.78, 5) is 2.68. The van der Waals surface area contributed by atoms with E-state index >= 15 is 0 Å². The normalized spacial score (nSPS) is 31.2. The van der Waals surface area contributed by atoms with Gasteiger partial charge in [0.25, 0.3) is 0 Å². The van der Waals surface area contributed by atoms with Crippen LogP contribution in [0.15, 0.2) is 0 Å². The summed E-state index contributed by atoms with van der Waals surface area (Å²) < 4.78 is 5.97. The second kappa shape index (κ2) is 7.10. The fourth-order valence-corrected chi connectivity index (χ4v) is 3.71. The molecule has 100 valence electrons. The average Bonchev–Trinajstić information content (AvgIpc) is 2.75. The molecule has 17 heavy (non-hydrogen) atoms. The van der Waals surface area contributed by atoms with Crippen molar-refractivity contribution in [1.82, 2.24) is 4.90 Å².